The maximum absolute atomic E-state index is 10.5. The van der Waals surface area contributed by atoms with Gasteiger partial charge in [0.1, 0.15) is 0 Å². The molecule has 106 valence electrons. The normalized spacial score (nSPS) is 11.5. The molecule has 0 radical (unpaired) electrons. The van der Waals surface area contributed by atoms with E-state index in [4.69, 9.17) is 5.11 Å². The Labute approximate surface area is 126 Å². The van der Waals surface area contributed by atoms with Gasteiger partial charge in [-0.1, -0.05) is 13.0 Å². The summed E-state index contributed by atoms with van der Waals surface area (Å²) >= 11 is 3.42. The zero-order chi connectivity index (χ0) is 14.4. The minimum Gasteiger partial charge on any atom is -0.478 e. The molecular formula is C15H17NO2S2. The molecule has 1 N–H and O–H groups in total. The lowest BCUT2D eigenvalue weighted by Crippen LogP contribution is -2.21. The van der Waals surface area contributed by atoms with Crippen molar-refractivity contribution in [2.75, 3.05) is 6.54 Å². The van der Waals surface area contributed by atoms with Crippen LogP contribution in [-0.2, 0) is 17.9 Å². The molecule has 0 saturated carbocycles. The standard InChI is InChI=1S/C15H17NO2S2/c1-2-16(10-13-4-3-9-19-13)11-14-6-5-12(20-14)7-8-15(17)18/h3-9H,2,10-11H2,1H3,(H,17,18). The fraction of sp³-hybridized carbons (Fsp3) is 0.267. The lowest BCUT2D eigenvalue weighted by Gasteiger charge is -2.18. The van der Waals surface area contributed by atoms with E-state index < -0.39 is 5.97 Å². The number of rotatable bonds is 7. The van der Waals surface area contributed by atoms with Crippen LogP contribution in [0.4, 0.5) is 0 Å². The van der Waals surface area contributed by atoms with Gasteiger partial charge in [0.05, 0.1) is 0 Å². The van der Waals surface area contributed by atoms with Gasteiger partial charge in [-0.3, -0.25) is 4.90 Å². The molecule has 0 unspecified atom stereocenters. The van der Waals surface area contributed by atoms with Crippen LogP contribution in [0.15, 0.2) is 35.7 Å². The Bertz CT molecular complexity index is 572. The molecule has 2 aromatic rings. The quantitative estimate of drug-likeness (QED) is 0.788. The summed E-state index contributed by atoms with van der Waals surface area (Å²) in [7, 11) is 0. The van der Waals surface area contributed by atoms with Gasteiger partial charge in [-0.2, -0.15) is 0 Å². The minimum absolute atomic E-state index is 0.903. The highest BCUT2D eigenvalue weighted by Crippen LogP contribution is 2.21. The first-order valence-electron chi connectivity index (χ1n) is 6.42. The number of thiophene rings is 2. The molecule has 0 aliphatic carbocycles. The smallest absolute Gasteiger partial charge is 0.328 e. The monoisotopic (exact) mass is 307 g/mol. The molecule has 2 aromatic heterocycles. The molecule has 5 heteroatoms. The van der Waals surface area contributed by atoms with Gasteiger partial charge in [0.2, 0.25) is 0 Å². The number of nitrogens with zero attached hydrogens (tertiary/aromatic N) is 1. The predicted octanol–water partition coefficient (Wildman–Crippen LogP) is 3.93. The highest BCUT2D eigenvalue weighted by atomic mass is 32.1. The molecule has 0 fully saturated rings. The molecule has 0 atom stereocenters. The van der Waals surface area contributed by atoms with Crippen molar-refractivity contribution >= 4 is 34.7 Å². The van der Waals surface area contributed by atoms with Crippen LogP contribution >= 0.6 is 22.7 Å². The Kier molecular flexibility index (Phi) is 5.52. The summed E-state index contributed by atoms with van der Waals surface area (Å²) in [6, 6.07) is 8.28. The Morgan fingerprint density at radius 3 is 2.75 bits per heavy atom. The third-order valence-electron chi connectivity index (χ3n) is 2.86. The number of carboxylic acids is 1. The van der Waals surface area contributed by atoms with Crippen molar-refractivity contribution in [3.8, 4) is 0 Å². The molecule has 0 bridgehead atoms. The zero-order valence-electron chi connectivity index (χ0n) is 11.3. The molecule has 0 saturated heterocycles. The lowest BCUT2D eigenvalue weighted by molar-refractivity contribution is -0.131. The van der Waals surface area contributed by atoms with Crippen LogP contribution in [0, 0.1) is 0 Å². The largest absolute Gasteiger partial charge is 0.478 e. The molecule has 0 aliphatic heterocycles. The average molecular weight is 307 g/mol. The van der Waals surface area contributed by atoms with Gasteiger partial charge in [0.25, 0.3) is 0 Å². The molecule has 2 rings (SSSR count). The number of carbonyl (C=O) groups is 1. The number of aliphatic carboxylic acids is 1. The lowest BCUT2D eigenvalue weighted by atomic mass is 10.3. The van der Waals surface area contributed by atoms with Crippen LogP contribution in [0.1, 0.15) is 21.6 Å². The summed E-state index contributed by atoms with van der Waals surface area (Å²) in [4.78, 5) is 16.5. The van der Waals surface area contributed by atoms with Crippen LogP contribution in [0.25, 0.3) is 6.08 Å². The first-order chi connectivity index (χ1) is 9.67. The topological polar surface area (TPSA) is 40.5 Å². The van der Waals surface area contributed by atoms with Gasteiger partial charge in [-0.25, -0.2) is 4.79 Å². The second kappa shape index (κ2) is 7.38. The summed E-state index contributed by atoms with van der Waals surface area (Å²) in [6.45, 7) is 5.02. The van der Waals surface area contributed by atoms with Crippen LogP contribution in [0.5, 0.6) is 0 Å². The van der Waals surface area contributed by atoms with Crippen molar-refractivity contribution in [3.63, 3.8) is 0 Å². The van der Waals surface area contributed by atoms with Gasteiger partial charge in [-0.05, 0) is 36.2 Å². The van der Waals surface area contributed by atoms with Gasteiger partial charge < -0.3 is 5.11 Å². The van der Waals surface area contributed by atoms with Crippen LogP contribution in [-0.4, -0.2) is 22.5 Å². The minimum atomic E-state index is -0.909. The molecule has 0 spiro atoms. The predicted molar refractivity (Wildman–Crippen MR) is 85.1 cm³/mol. The second-order valence-electron chi connectivity index (χ2n) is 4.36. The van der Waals surface area contributed by atoms with E-state index in [0.29, 0.717) is 0 Å². The van der Waals surface area contributed by atoms with Crippen LogP contribution in [0.3, 0.4) is 0 Å². The van der Waals surface area contributed by atoms with E-state index in [1.165, 1.54) is 15.8 Å². The van der Waals surface area contributed by atoms with Gasteiger partial charge in [-0.15, -0.1) is 22.7 Å². The Hall–Kier alpha value is -1.43. The third-order valence-corrected chi connectivity index (χ3v) is 4.76. The van der Waals surface area contributed by atoms with E-state index >= 15 is 0 Å². The maximum Gasteiger partial charge on any atom is 0.328 e. The van der Waals surface area contributed by atoms with Gasteiger partial charge >= 0.3 is 5.97 Å². The van der Waals surface area contributed by atoms with Crippen molar-refractivity contribution in [3.05, 3.63) is 50.4 Å². The number of hydrogen-bond donors (Lipinski definition) is 1. The fourth-order valence-electron chi connectivity index (χ4n) is 1.85. The highest BCUT2D eigenvalue weighted by molar-refractivity contribution is 7.12. The molecule has 2 heterocycles. The van der Waals surface area contributed by atoms with Gasteiger partial charge in [0, 0.05) is 33.8 Å². The third kappa shape index (κ3) is 4.59. The summed E-state index contributed by atoms with van der Waals surface area (Å²) in [5.41, 5.74) is 0. The van der Waals surface area contributed by atoms with Gasteiger partial charge in [0.15, 0.2) is 0 Å². The average Bonchev–Trinajstić information content (AvgIpc) is 3.07. The van der Waals surface area contributed by atoms with Crippen molar-refractivity contribution in [1.29, 1.82) is 0 Å². The molecule has 0 aromatic carbocycles. The van der Waals surface area contributed by atoms with E-state index in [2.05, 4.69) is 35.4 Å². The Morgan fingerprint density at radius 2 is 2.10 bits per heavy atom. The summed E-state index contributed by atoms with van der Waals surface area (Å²) in [6.07, 6.45) is 2.82. The SMILES string of the molecule is CCN(Cc1cccs1)Cc1ccc(C=CC(=O)O)s1. The fourth-order valence-corrected chi connectivity index (χ4v) is 3.55. The summed E-state index contributed by atoms with van der Waals surface area (Å²) in [5.74, 6) is -0.909. The molecule has 0 aliphatic rings. The van der Waals surface area contributed by atoms with Crippen LogP contribution in [0.2, 0.25) is 0 Å². The summed E-state index contributed by atoms with van der Waals surface area (Å²) < 4.78 is 0. The molecule has 0 amide bonds. The van der Waals surface area contributed by atoms with Crippen molar-refractivity contribution in [1.82, 2.24) is 4.90 Å². The molecule has 20 heavy (non-hydrogen) atoms. The van der Waals surface area contributed by atoms with E-state index in [1.807, 2.05) is 6.07 Å². The Morgan fingerprint density at radius 1 is 1.30 bits per heavy atom. The molecular weight excluding hydrogens is 290 g/mol. The zero-order valence-corrected chi connectivity index (χ0v) is 12.9. The first kappa shape index (κ1) is 15.0. The number of carboxylic acid groups (broad SMARTS) is 1. The van der Waals surface area contributed by atoms with E-state index in [1.54, 1.807) is 28.7 Å². The van der Waals surface area contributed by atoms with E-state index in [9.17, 15) is 4.79 Å². The van der Waals surface area contributed by atoms with Crippen LogP contribution < -0.4 is 0 Å². The first-order valence-corrected chi connectivity index (χ1v) is 8.11. The highest BCUT2D eigenvalue weighted by Gasteiger charge is 2.07. The Balaban J connectivity index is 1.95. The summed E-state index contributed by atoms with van der Waals surface area (Å²) in [5, 5.41) is 10.7. The van der Waals surface area contributed by atoms with E-state index in [0.717, 1.165) is 24.5 Å². The number of hydrogen-bond acceptors (Lipinski definition) is 4. The maximum atomic E-state index is 10.5. The molecule has 3 nitrogen and oxygen atoms in total. The van der Waals surface area contributed by atoms with Crippen molar-refractivity contribution in [2.45, 2.75) is 20.0 Å². The van der Waals surface area contributed by atoms with E-state index in [-0.39, 0.29) is 0 Å². The van der Waals surface area contributed by atoms with Crippen molar-refractivity contribution in [2.24, 2.45) is 0 Å². The van der Waals surface area contributed by atoms with Crippen molar-refractivity contribution < 1.29 is 9.90 Å². The second-order valence-corrected chi connectivity index (χ2v) is 6.59.